The molecule has 2 N–H and O–H groups in total. The van der Waals surface area contributed by atoms with Gasteiger partial charge in [0.15, 0.2) is 0 Å². The van der Waals surface area contributed by atoms with Crippen LogP contribution < -0.4 is 14.5 Å². The lowest BCUT2D eigenvalue weighted by molar-refractivity contribution is -0.903. The van der Waals surface area contributed by atoms with Gasteiger partial charge >= 0.3 is 0 Å². The number of nitrogens with zero attached hydrogens (tertiary/aromatic N) is 1. The maximum atomic E-state index is 10.3. The topological polar surface area (TPSA) is 37.1 Å². The average molecular weight is 417 g/mol. The van der Waals surface area contributed by atoms with E-state index in [1.807, 2.05) is 18.2 Å². The molecular formula is C19H22Cl3N2O2+. The zero-order chi connectivity index (χ0) is 18.5. The van der Waals surface area contributed by atoms with Gasteiger partial charge < -0.3 is 19.6 Å². The summed E-state index contributed by atoms with van der Waals surface area (Å²) in [4.78, 5) is 3.69. The van der Waals surface area contributed by atoms with Gasteiger partial charge in [0, 0.05) is 15.7 Å². The van der Waals surface area contributed by atoms with E-state index in [0.29, 0.717) is 22.3 Å². The largest absolute Gasteiger partial charge is 0.489 e. The molecule has 2 aromatic rings. The fraction of sp³-hybridized carbons (Fsp3) is 0.368. The summed E-state index contributed by atoms with van der Waals surface area (Å²) in [5.74, 6) is 0.538. The Balaban J connectivity index is 1.44. The van der Waals surface area contributed by atoms with Crippen LogP contribution in [-0.2, 0) is 0 Å². The maximum Gasteiger partial charge on any atom is 0.138 e. The molecule has 0 saturated carbocycles. The van der Waals surface area contributed by atoms with E-state index in [1.165, 1.54) is 4.90 Å². The molecule has 4 nitrogen and oxygen atoms in total. The SMILES string of the molecule is O[C@H](COc1ccc(Cl)cc1Cl)C[NH+]1CCN(c2cccc(Cl)c2)CC1. The van der Waals surface area contributed by atoms with E-state index in [-0.39, 0.29) is 6.61 Å². The van der Waals surface area contributed by atoms with Gasteiger partial charge in [-0.15, -0.1) is 0 Å². The summed E-state index contributed by atoms with van der Waals surface area (Å²) in [6, 6.07) is 13.0. The monoisotopic (exact) mass is 415 g/mol. The molecule has 0 aliphatic carbocycles. The van der Waals surface area contributed by atoms with Gasteiger partial charge in [-0.05, 0) is 36.4 Å². The third-order valence-corrected chi connectivity index (χ3v) is 5.26. The number of aliphatic hydroxyl groups is 1. The number of hydrogen-bond donors (Lipinski definition) is 2. The van der Waals surface area contributed by atoms with Crippen molar-refractivity contribution in [1.82, 2.24) is 0 Å². The molecule has 26 heavy (non-hydrogen) atoms. The fourth-order valence-electron chi connectivity index (χ4n) is 3.13. The molecule has 1 fully saturated rings. The first-order chi connectivity index (χ1) is 12.5. The van der Waals surface area contributed by atoms with Gasteiger partial charge in [-0.2, -0.15) is 0 Å². The van der Waals surface area contributed by atoms with Crippen molar-refractivity contribution in [2.24, 2.45) is 0 Å². The minimum Gasteiger partial charge on any atom is -0.489 e. The number of quaternary nitrogens is 1. The first-order valence-electron chi connectivity index (χ1n) is 8.61. The molecule has 1 heterocycles. The molecule has 1 aliphatic heterocycles. The number of aliphatic hydroxyl groups excluding tert-OH is 1. The van der Waals surface area contributed by atoms with Crippen molar-refractivity contribution in [2.75, 3.05) is 44.2 Å². The molecule has 3 rings (SSSR count). The lowest BCUT2D eigenvalue weighted by Gasteiger charge is -2.34. The van der Waals surface area contributed by atoms with Crippen molar-refractivity contribution in [3.05, 3.63) is 57.5 Å². The molecular weight excluding hydrogens is 395 g/mol. The van der Waals surface area contributed by atoms with Gasteiger partial charge in [0.2, 0.25) is 0 Å². The van der Waals surface area contributed by atoms with Crippen LogP contribution in [0.1, 0.15) is 0 Å². The van der Waals surface area contributed by atoms with Gasteiger partial charge in [-0.25, -0.2) is 0 Å². The van der Waals surface area contributed by atoms with Gasteiger partial charge in [-0.1, -0.05) is 40.9 Å². The Bertz CT molecular complexity index is 736. The number of anilines is 1. The van der Waals surface area contributed by atoms with E-state index >= 15 is 0 Å². The summed E-state index contributed by atoms with van der Waals surface area (Å²) < 4.78 is 5.62. The van der Waals surface area contributed by atoms with Crippen molar-refractivity contribution in [3.63, 3.8) is 0 Å². The second-order valence-electron chi connectivity index (χ2n) is 6.46. The summed E-state index contributed by atoms with van der Waals surface area (Å²) in [6.07, 6.45) is -0.547. The molecule has 0 spiro atoms. The molecule has 0 aromatic heterocycles. The second kappa shape index (κ2) is 9.16. The summed E-state index contributed by atoms with van der Waals surface area (Å²) in [6.45, 7) is 4.66. The van der Waals surface area contributed by atoms with Crippen LogP contribution in [0.2, 0.25) is 15.1 Å². The third kappa shape index (κ3) is 5.41. The van der Waals surface area contributed by atoms with E-state index < -0.39 is 6.10 Å². The van der Waals surface area contributed by atoms with Crippen LogP contribution in [-0.4, -0.2) is 50.5 Å². The zero-order valence-corrected chi connectivity index (χ0v) is 16.6. The van der Waals surface area contributed by atoms with E-state index in [4.69, 9.17) is 39.5 Å². The van der Waals surface area contributed by atoms with E-state index in [2.05, 4.69) is 11.0 Å². The Hall–Kier alpha value is -1.17. The second-order valence-corrected chi connectivity index (χ2v) is 7.74. The molecule has 1 aliphatic rings. The zero-order valence-electron chi connectivity index (χ0n) is 14.3. The van der Waals surface area contributed by atoms with Crippen LogP contribution in [0.3, 0.4) is 0 Å². The number of ether oxygens (including phenoxy) is 1. The number of hydrogen-bond acceptors (Lipinski definition) is 3. The predicted molar refractivity (Wildman–Crippen MR) is 107 cm³/mol. The standard InChI is InChI=1S/C19H21Cl3N2O2/c20-14-2-1-3-16(10-14)24-8-6-23(7-9-24)12-17(25)13-26-19-5-4-15(21)11-18(19)22/h1-5,10-11,17,25H,6-9,12-13H2/p+1/t17-/m0/s1. The normalized spacial score (nSPS) is 16.5. The summed E-state index contributed by atoms with van der Waals surface area (Å²) in [7, 11) is 0. The summed E-state index contributed by atoms with van der Waals surface area (Å²) in [5.41, 5.74) is 1.15. The molecule has 0 amide bonds. The maximum absolute atomic E-state index is 10.3. The quantitative estimate of drug-likeness (QED) is 0.760. The summed E-state index contributed by atoms with van der Waals surface area (Å²) >= 11 is 18.0. The Morgan fingerprint density at radius 2 is 1.77 bits per heavy atom. The highest BCUT2D eigenvalue weighted by Gasteiger charge is 2.23. The van der Waals surface area contributed by atoms with E-state index in [1.54, 1.807) is 18.2 Å². The van der Waals surface area contributed by atoms with Crippen LogP contribution in [0.15, 0.2) is 42.5 Å². The molecule has 0 bridgehead atoms. The van der Waals surface area contributed by atoms with Gasteiger partial charge in [0.1, 0.15) is 25.0 Å². The van der Waals surface area contributed by atoms with E-state index in [0.717, 1.165) is 36.9 Å². The molecule has 0 unspecified atom stereocenters. The van der Waals surface area contributed by atoms with Crippen molar-refractivity contribution in [2.45, 2.75) is 6.10 Å². The minimum atomic E-state index is -0.547. The highest BCUT2D eigenvalue weighted by molar-refractivity contribution is 6.35. The fourth-order valence-corrected chi connectivity index (χ4v) is 3.78. The van der Waals surface area contributed by atoms with Crippen molar-refractivity contribution < 1.29 is 14.7 Å². The molecule has 0 radical (unpaired) electrons. The Morgan fingerprint density at radius 3 is 2.46 bits per heavy atom. The van der Waals surface area contributed by atoms with Crippen molar-refractivity contribution in [1.29, 1.82) is 0 Å². The Labute approximate surface area is 168 Å². The number of benzene rings is 2. The van der Waals surface area contributed by atoms with Crippen LogP contribution >= 0.6 is 34.8 Å². The first kappa shape index (κ1) is 19.6. The molecule has 1 saturated heterocycles. The van der Waals surface area contributed by atoms with Crippen LogP contribution in [0.4, 0.5) is 5.69 Å². The van der Waals surface area contributed by atoms with Gasteiger partial charge in [0.05, 0.1) is 31.2 Å². The first-order valence-corrected chi connectivity index (χ1v) is 9.74. The number of halogens is 3. The average Bonchev–Trinajstić information content (AvgIpc) is 2.61. The Kier molecular flexibility index (Phi) is 6.90. The van der Waals surface area contributed by atoms with Crippen LogP contribution in [0, 0.1) is 0 Å². The predicted octanol–water partition coefficient (Wildman–Crippen LogP) is 2.79. The van der Waals surface area contributed by atoms with Crippen LogP contribution in [0.25, 0.3) is 0 Å². The molecule has 1 atom stereocenters. The van der Waals surface area contributed by atoms with Crippen molar-refractivity contribution in [3.8, 4) is 5.75 Å². The molecule has 2 aromatic carbocycles. The summed E-state index contributed by atoms with van der Waals surface area (Å²) in [5, 5.41) is 12.0. The molecule has 7 heteroatoms. The van der Waals surface area contributed by atoms with Gasteiger partial charge in [0.25, 0.3) is 0 Å². The van der Waals surface area contributed by atoms with Crippen molar-refractivity contribution >= 4 is 40.5 Å². The smallest absolute Gasteiger partial charge is 0.138 e. The lowest BCUT2D eigenvalue weighted by Crippen LogP contribution is -3.16. The third-order valence-electron chi connectivity index (χ3n) is 4.49. The van der Waals surface area contributed by atoms with E-state index in [9.17, 15) is 5.11 Å². The van der Waals surface area contributed by atoms with Gasteiger partial charge in [-0.3, -0.25) is 0 Å². The minimum absolute atomic E-state index is 0.211. The number of piperazine rings is 1. The number of nitrogens with one attached hydrogen (secondary N) is 1. The lowest BCUT2D eigenvalue weighted by atomic mass is 10.2. The highest BCUT2D eigenvalue weighted by Crippen LogP contribution is 2.27. The number of rotatable bonds is 6. The highest BCUT2D eigenvalue weighted by atomic mass is 35.5. The Morgan fingerprint density at radius 1 is 1.04 bits per heavy atom. The van der Waals surface area contributed by atoms with Crippen LogP contribution in [0.5, 0.6) is 5.75 Å². The molecule has 140 valence electrons.